The predicted molar refractivity (Wildman–Crippen MR) is 90.9 cm³/mol. The van der Waals surface area contributed by atoms with Crippen molar-refractivity contribution in [1.82, 2.24) is 19.7 Å². The first-order valence-electron chi connectivity index (χ1n) is 7.60. The highest BCUT2D eigenvalue weighted by molar-refractivity contribution is 7.22. The number of aromatic nitrogens is 3. The number of thiazole rings is 1. The van der Waals surface area contributed by atoms with Crippen LogP contribution in [0.4, 0.5) is 5.13 Å². The van der Waals surface area contributed by atoms with Gasteiger partial charge in [0.15, 0.2) is 5.13 Å². The quantitative estimate of drug-likeness (QED) is 0.722. The van der Waals surface area contributed by atoms with Crippen molar-refractivity contribution in [2.24, 2.45) is 7.05 Å². The Kier molecular flexibility index (Phi) is 3.49. The lowest BCUT2D eigenvalue weighted by molar-refractivity contribution is 0.0740. The van der Waals surface area contributed by atoms with E-state index in [0.717, 1.165) is 23.7 Å². The molecule has 1 amide bonds. The number of carbonyl (C=O) groups is 1. The van der Waals surface area contributed by atoms with E-state index in [4.69, 9.17) is 4.98 Å². The minimum absolute atomic E-state index is 0.00884. The van der Waals surface area contributed by atoms with Gasteiger partial charge in [-0.05, 0) is 18.2 Å². The fourth-order valence-electron chi connectivity index (χ4n) is 2.79. The van der Waals surface area contributed by atoms with Crippen molar-refractivity contribution in [3.05, 3.63) is 42.2 Å². The maximum absolute atomic E-state index is 12.4. The van der Waals surface area contributed by atoms with Crippen molar-refractivity contribution in [2.45, 2.75) is 0 Å². The Bertz CT molecular complexity index is 814. The Labute approximate surface area is 138 Å². The van der Waals surface area contributed by atoms with Gasteiger partial charge in [0.05, 0.1) is 10.2 Å². The molecule has 2 aromatic heterocycles. The summed E-state index contributed by atoms with van der Waals surface area (Å²) in [4.78, 5) is 21.2. The zero-order chi connectivity index (χ0) is 15.8. The molecule has 0 unspecified atom stereocenters. The fraction of sp³-hybridized carbons (Fsp3) is 0.312. The summed E-state index contributed by atoms with van der Waals surface area (Å²) < 4.78 is 2.86. The monoisotopic (exact) mass is 327 g/mol. The zero-order valence-corrected chi connectivity index (χ0v) is 13.7. The molecule has 3 aromatic rings. The Morgan fingerprint density at radius 2 is 1.91 bits per heavy atom. The number of nitrogens with zero attached hydrogens (tertiary/aromatic N) is 5. The number of para-hydroxylation sites is 1. The summed E-state index contributed by atoms with van der Waals surface area (Å²) in [6.45, 7) is 3.01. The van der Waals surface area contributed by atoms with Gasteiger partial charge in [-0.2, -0.15) is 5.10 Å². The van der Waals surface area contributed by atoms with Crippen LogP contribution >= 0.6 is 11.3 Å². The van der Waals surface area contributed by atoms with Crippen LogP contribution in [0.5, 0.6) is 0 Å². The third kappa shape index (κ3) is 2.68. The minimum atomic E-state index is 0.00884. The van der Waals surface area contributed by atoms with Gasteiger partial charge in [0.1, 0.15) is 5.69 Å². The number of piperazine rings is 1. The van der Waals surface area contributed by atoms with Crippen LogP contribution in [0.3, 0.4) is 0 Å². The Morgan fingerprint density at radius 1 is 1.13 bits per heavy atom. The molecule has 7 heteroatoms. The highest BCUT2D eigenvalue weighted by Crippen LogP contribution is 2.29. The highest BCUT2D eigenvalue weighted by atomic mass is 32.1. The van der Waals surface area contributed by atoms with Crippen LogP contribution in [-0.2, 0) is 7.05 Å². The fourth-order valence-corrected chi connectivity index (χ4v) is 3.80. The van der Waals surface area contributed by atoms with Crippen molar-refractivity contribution in [2.75, 3.05) is 31.1 Å². The molecule has 3 heterocycles. The molecule has 0 aliphatic carbocycles. The molecule has 0 bridgehead atoms. The van der Waals surface area contributed by atoms with E-state index in [1.807, 2.05) is 30.1 Å². The lowest BCUT2D eigenvalue weighted by Crippen LogP contribution is -2.48. The lowest BCUT2D eigenvalue weighted by Gasteiger charge is -2.34. The van der Waals surface area contributed by atoms with Gasteiger partial charge in [-0.25, -0.2) is 4.98 Å². The number of benzene rings is 1. The molecule has 4 rings (SSSR count). The van der Waals surface area contributed by atoms with Crippen LogP contribution in [0, 0.1) is 0 Å². The van der Waals surface area contributed by atoms with E-state index >= 15 is 0 Å². The van der Waals surface area contributed by atoms with E-state index in [9.17, 15) is 4.79 Å². The van der Waals surface area contributed by atoms with Gasteiger partial charge in [0, 0.05) is 39.4 Å². The lowest BCUT2D eigenvalue weighted by atomic mass is 10.3. The van der Waals surface area contributed by atoms with Gasteiger partial charge in [0.25, 0.3) is 5.91 Å². The summed E-state index contributed by atoms with van der Waals surface area (Å²) in [5.41, 5.74) is 1.56. The molecule has 0 saturated carbocycles. The number of hydrogen-bond donors (Lipinski definition) is 0. The first kappa shape index (κ1) is 14.2. The van der Waals surface area contributed by atoms with Gasteiger partial charge >= 0.3 is 0 Å². The van der Waals surface area contributed by atoms with E-state index in [2.05, 4.69) is 16.1 Å². The van der Waals surface area contributed by atoms with Gasteiger partial charge in [-0.3, -0.25) is 9.48 Å². The zero-order valence-electron chi connectivity index (χ0n) is 12.8. The SMILES string of the molecule is Cn1ccc(C(=O)N2CCN(c3nc4ccccc4s3)CC2)n1. The second kappa shape index (κ2) is 5.66. The number of rotatable bonds is 2. The van der Waals surface area contributed by atoms with Crippen molar-refractivity contribution in [1.29, 1.82) is 0 Å². The number of aryl methyl sites for hydroxylation is 1. The number of hydrogen-bond acceptors (Lipinski definition) is 5. The van der Waals surface area contributed by atoms with Gasteiger partial charge in [0.2, 0.25) is 0 Å². The summed E-state index contributed by atoms with van der Waals surface area (Å²) in [5, 5.41) is 5.23. The molecule has 0 atom stereocenters. The minimum Gasteiger partial charge on any atom is -0.345 e. The highest BCUT2D eigenvalue weighted by Gasteiger charge is 2.24. The molecule has 1 aliphatic rings. The van der Waals surface area contributed by atoms with Crippen LogP contribution in [0.25, 0.3) is 10.2 Å². The number of fused-ring (bicyclic) bond motifs is 1. The molecule has 0 N–H and O–H groups in total. The van der Waals surface area contributed by atoms with Crippen LogP contribution in [0.2, 0.25) is 0 Å². The second-order valence-corrected chi connectivity index (χ2v) is 6.63. The number of carbonyl (C=O) groups excluding carboxylic acids is 1. The van der Waals surface area contributed by atoms with Crippen molar-refractivity contribution < 1.29 is 4.79 Å². The standard InChI is InChI=1S/C16H17N5OS/c1-19-7-6-13(18-19)15(22)20-8-10-21(11-9-20)16-17-12-4-2-3-5-14(12)23-16/h2-7H,8-11H2,1H3. The Balaban J connectivity index is 1.45. The average Bonchev–Trinajstić information content (AvgIpc) is 3.20. The first-order valence-corrected chi connectivity index (χ1v) is 8.42. The topological polar surface area (TPSA) is 54.3 Å². The molecular formula is C16H17N5OS. The van der Waals surface area contributed by atoms with E-state index in [1.165, 1.54) is 4.70 Å². The third-order valence-electron chi connectivity index (χ3n) is 4.05. The molecule has 118 valence electrons. The predicted octanol–water partition coefficient (Wildman–Crippen LogP) is 1.99. The maximum Gasteiger partial charge on any atom is 0.274 e. The van der Waals surface area contributed by atoms with Crippen LogP contribution in [-0.4, -0.2) is 51.8 Å². The summed E-state index contributed by atoms with van der Waals surface area (Å²) in [5.74, 6) is 0.00884. The van der Waals surface area contributed by atoms with Crippen molar-refractivity contribution >= 4 is 32.6 Å². The molecule has 1 fully saturated rings. The average molecular weight is 327 g/mol. The molecular weight excluding hydrogens is 310 g/mol. The van der Waals surface area contributed by atoms with Gasteiger partial charge in [-0.15, -0.1) is 0 Å². The summed E-state index contributed by atoms with van der Waals surface area (Å²) >= 11 is 1.71. The number of anilines is 1. The van der Waals surface area contributed by atoms with E-state index < -0.39 is 0 Å². The normalized spacial score (nSPS) is 15.3. The van der Waals surface area contributed by atoms with Crippen LogP contribution in [0.15, 0.2) is 36.5 Å². The largest absolute Gasteiger partial charge is 0.345 e. The first-order chi connectivity index (χ1) is 11.2. The number of amides is 1. The van der Waals surface area contributed by atoms with E-state index in [1.54, 1.807) is 28.3 Å². The van der Waals surface area contributed by atoms with E-state index in [-0.39, 0.29) is 5.91 Å². The third-order valence-corrected chi connectivity index (χ3v) is 5.15. The Morgan fingerprint density at radius 3 is 2.61 bits per heavy atom. The molecule has 0 radical (unpaired) electrons. The van der Waals surface area contributed by atoms with E-state index in [0.29, 0.717) is 18.8 Å². The molecule has 1 aromatic carbocycles. The molecule has 6 nitrogen and oxygen atoms in total. The second-order valence-electron chi connectivity index (χ2n) is 5.62. The molecule has 23 heavy (non-hydrogen) atoms. The summed E-state index contributed by atoms with van der Waals surface area (Å²) in [6, 6.07) is 9.94. The molecule has 1 aliphatic heterocycles. The summed E-state index contributed by atoms with van der Waals surface area (Å²) in [7, 11) is 1.82. The van der Waals surface area contributed by atoms with Gasteiger partial charge < -0.3 is 9.80 Å². The van der Waals surface area contributed by atoms with Crippen molar-refractivity contribution in [3.8, 4) is 0 Å². The van der Waals surface area contributed by atoms with Crippen LogP contribution < -0.4 is 4.90 Å². The maximum atomic E-state index is 12.4. The summed E-state index contributed by atoms with van der Waals surface area (Å²) in [6.07, 6.45) is 1.80. The Hall–Kier alpha value is -2.41. The smallest absolute Gasteiger partial charge is 0.274 e. The van der Waals surface area contributed by atoms with Crippen LogP contribution in [0.1, 0.15) is 10.5 Å². The molecule has 1 saturated heterocycles. The van der Waals surface area contributed by atoms with Gasteiger partial charge in [-0.1, -0.05) is 23.5 Å². The van der Waals surface area contributed by atoms with Crippen molar-refractivity contribution in [3.63, 3.8) is 0 Å². The molecule has 0 spiro atoms.